The molecule has 0 radical (unpaired) electrons. The number of hydrogen-bond acceptors (Lipinski definition) is 11. The number of carbonyl (C=O) groups excluding carboxylic acids is 5. The zero-order valence-electron chi connectivity index (χ0n) is 27.4. The summed E-state index contributed by atoms with van der Waals surface area (Å²) in [6.07, 6.45) is 4.21. The van der Waals surface area contributed by atoms with Gasteiger partial charge in [0.1, 0.15) is 23.8 Å². The summed E-state index contributed by atoms with van der Waals surface area (Å²) >= 11 is 0. The number of nitrogens with one attached hydrogen (secondary N) is 3. The maximum Gasteiger partial charge on any atom is 0.408 e. The van der Waals surface area contributed by atoms with E-state index in [1.807, 2.05) is 12.1 Å². The summed E-state index contributed by atoms with van der Waals surface area (Å²) in [5, 5.41) is 5.45. The van der Waals surface area contributed by atoms with Crippen LogP contribution in [0.2, 0.25) is 0 Å². The van der Waals surface area contributed by atoms with Crippen LogP contribution in [0.4, 0.5) is 4.79 Å². The number of carbonyl (C=O) groups is 5. The molecule has 5 atom stereocenters. The molecule has 6 rings (SSSR count). The van der Waals surface area contributed by atoms with Gasteiger partial charge in [0.25, 0.3) is 5.91 Å². The first-order chi connectivity index (χ1) is 22.8. The number of rotatable bonds is 10. The van der Waals surface area contributed by atoms with E-state index < -0.39 is 64.8 Å². The molecular formula is C33H43N5O10. The highest BCUT2D eigenvalue weighted by atomic mass is 16.7. The fourth-order valence-electron chi connectivity index (χ4n) is 6.69. The summed E-state index contributed by atoms with van der Waals surface area (Å²) in [5.74, 6) is -1.84. The third kappa shape index (κ3) is 7.06. The second-order valence-corrected chi connectivity index (χ2v) is 14.2. The number of hydrogen-bond donors (Lipinski definition) is 4. The van der Waals surface area contributed by atoms with Crippen LogP contribution < -0.4 is 31.3 Å². The van der Waals surface area contributed by atoms with E-state index in [-0.39, 0.29) is 38.7 Å². The highest BCUT2D eigenvalue weighted by molar-refractivity contribution is 6.37. The van der Waals surface area contributed by atoms with Crippen LogP contribution in [0, 0.1) is 11.3 Å². The normalized spacial score (nSPS) is 25.9. The summed E-state index contributed by atoms with van der Waals surface area (Å²) < 4.78 is 21.7. The number of benzene rings is 1. The SMILES string of the molecule is CC(C)(C)[C@H](NC(=O)O[C@H]1CCOC1)C(=O)N1C[C@@]2(C=C(c3ccc4c(c3)OCO4)NO2)C[C@H]1C(=O)N[C@@H](CC1CCC1)C(=O)C(N)=O. The number of nitrogens with two attached hydrogens (primary N) is 1. The van der Waals surface area contributed by atoms with E-state index in [9.17, 15) is 24.0 Å². The average Bonchev–Trinajstić information content (AvgIpc) is 3.83. The Balaban J connectivity index is 1.28. The highest BCUT2D eigenvalue weighted by Crippen LogP contribution is 2.41. The summed E-state index contributed by atoms with van der Waals surface area (Å²) in [4.78, 5) is 73.7. The van der Waals surface area contributed by atoms with Crippen LogP contribution in [-0.2, 0) is 33.5 Å². The molecule has 1 aromatic carbocycles. The molecule has 48 heavy (non-hydrogen) atoms. The predicted molar refractivity (Wildman–Crippen MR) is 168 cm³/mol. The van der Waals surface area contributed by atoms with Gasteiger partial charge in [0, 0.05) is 18.4 Å². The number of Topliss-reactive ketones (excluding diaryl/α,β-unsaturated/α-hetero) is 1. The van der Waals surface area contributed by atoms with Gasteiger partial charge in [0.2, 0.25) is 24.4 Å². The quantitative estimate of drug-likeness (QED) is 0.262. The number of fused-ring (bicyclic) bond motifs is 1. The van der Waals surface area contributed by atoms with Gasteiger partial charge in [-0.1, -0.05) is 40.0 Å². The maximum atomic E-state index is 14.4. The van der Waals surface area contributed by atoms with E-state index in [1.54, 1.807) is 32.9 Å². The molecule has 0 aromatic heterocycles. The van der Waals surface area contributed by atoms with Crippen LogP contribution in [0.25, 0.3) is 5.70 Å². The van der Waals surface area contributed by atoms with Crippen LogP contribution in [0.5, 0.6) is 11.5 Å². The zero-order valence-corrected chi connectivity index (χ0v) is 27.4. The standard InChI is InChI=1S/C33H43N5O10/c1-32(2,3)27(36-31(43)47-20-9-10-44-15-20)30(42)38-16-33(13-22(37-48-33)19-7-8-24-25(12-19)46-17-45-24)14-23(38)29(41)35-21(26(39)28(34)40)11-18-5-4-6-18/h7-8,12-13,18,20-21,23,27,37H,4-6,9-11,14-17H2,1-3H3,(H2,34,40)(H,35,41)(H,36,43)/t20-,21-,23-,27+,33+/m0/s1. The van der Waals surface area contributed by atoms with Crippen molar-refractivity contribution in [3.05, 3.63) is 29.8 Å². The number of alkyl carbamates (subject to hydrolysis) is 1. The van der Waals surface area contributed by atoms with Crippen molar-refractivity contribution in [2.24, 2.45) is 17.1 Å². The second kappa shape index (κ2) is 13.3. The number of nitrogens with zero attached hydrogens (tertiary/aromatic N) is 1. The lowest BCUT2D eigenvalue weighted by Gasteiger charge is -2.36. The smallest absolute Gasteiger partial charge is 0.408 e. The molecule has 1 saturated carbocycles. The predicted octanol–water partition coefficient (Wildman–Crippen LogP) is 1.29. The molecule has 1 spiro atoms. The summed E-state index contributed by atoms with van der Waals surface area (Å²) in [6, 6.07) is 2.06. The number of amides is 4. The lowest BCUT2D eigenvalue weighted by Crippen LogP contribution is -2.59. The van der Waals surface area contributed by atoms with Crippen molar-refractivity contribution in [2.45, 2.75) is 89.1 Å². The molecule has 0 bridgehead atoms. The zero-order chi connectivity index (χ0) is 34.2. The van der Waals surface area contributed by atoms with Crippen molar-refractivity contribution < 1.29 is 47.8 Å². The number of ether oxygens (including phenoxy) is 4. The first kappa shape index (κ1) is 33.5. The molecule has 3 fully saturated rings. The largest absolute Gasteiger partial charge is 0.454 e. The van der Waals surface area contributed by atoms with Gasteiger partial charge in [-0.2, -0.15) is 0 Å². The average molecular weight is 670 g/mol. The fourth-order valence-corrected chi connectivity index (χ4v) is 6.69. The summed E-state index contributed by atoms with van der Waals surface area (Å²) in [7, 11) is 0. The van der Waals surface area contributed by atoms with E-state index in [4.69, 9.17) is 29.5 Å². The van der Waals surface area contributed by atoms with Crippen molar-refractivity contribution in [1.82, 2.24) is 21.0 Å². The minimum absolute atomic E-state index is 0.0211. The topological polar surface area (TPSA) is 197 Å². The Morgan fingerprint density at radius 3 is 2.54 bits per heavy atom. The Hall–Kier alpha value is -4.37. The van der Waals surface area contributed by atoms with E-state index in [0.29, 0.717) is 30.2 Å². The first-order valence-electron chi connectivity index (χ1n) is 16.4. The second-order valence-electron chi connectivity index (χ2n) is 14.2. The van der Waals surface area contributed by atoms with Gasteiger partial charge in [-0.15, -0.1) is 0 Å². The number of hydroxylamine groups is 1. The molecule has 1 aliphatic carbocycles. The molecular weight excluding hydrogens is 626 g/mol. The molecule has 5 N–H and O–H groups in total. The summed E-state index contributed by atoms with van der Waals surface area (Å²) in [6.45, 7) is 6.18. The molecule has 260 valence electrons. The molecule has 4 heterocycles. The van der Waals surface area contributed by atoms with E-state index in [0.717, 1.165) is 24.8 Å². The van der Waals surface area contributed by atoms with Crippen molar-refractivity contribution in [1.29, 1.82) is 0 Å². The first-order valence-corrected chi connectivity index (χ1v) is 16.4. The number of likely N-dealkylation sites (tertiary alicyclic amines) is 1. The molecule has 15 heteroatoms. The Bertz CT molecular complexity index is 1500. The highest BCUT2D eigenvalue weighted by Gasteiger charge is 2.54. The Labute approximate surface area is 278 Å². The lowest BCUT2D eigenvalue weighted by atomic mass is 9.80. The van der Waals surface area contributed by atoms with Crippen molar-refractivity contribution in [3.63, 3.8) is 0 Å². The lowest BCUT2D eigenvalue weighted by molar-refractivity contribution is -0.144. The molecule has 15 nitrogen and oxygen atoms in total. The van der Waals surface area contributed by atoms with Crippen LogP contribution in [0.3, 0.4) is 0 Å². The van der Waals surface area contributed by atoms with Gasteiger partial charge in [0.15, 0.2) is 11.5 Å². The maximum absolute atomic E-state index is 14.4. The molecule has 0 unspecified atom stereocenters. The van der Waals surface area contributed by atoms with Crippen molar-refractivity contribution in [3.8, 4) is 11.5 Å². The van der Waals surface area contributed by atoms with Gasteiger partial charge in [0.05, 0.1) is 31.5 Å². The molecule has 4 aliphatic heterocycles. The number of ketones is 1. The van der Waals surface area contributed by atoms with Gasteiger partial charge in [-0.3, -0.25) is 29.5 Å². The van der Waals surface area contributed by atoms with Crippen LogP contribution >= 0.6 is 0 Å². The third-order valence-electron chi connectivity index (χ3n) is 9.60. The molecule has 1 aromatic rings. The minimum Gasteiger partial charge on any atom is -0.454 e. The molecule has 5 aliphatic rings. The van der Waals surface area contributed by atoms with Gasteiger partial charge >= 0.3 is 6.09 Å². The fraction of sp³-hybridized carbons (Fsp3) is 0.606. The van der Waals surface area contributed by atoms with Crippen LogP contribution in [0.1, 0.15) is 64.9 Å². The Morgan fingerprint density at radius 2 is 1.88 bits per heavy atom. The molecule has 4 amide bonds. The Morgan fingerprint density at radius 1 is 1.10 bits per heavy atom. The molecule has 2 saturated heterocycles. The van der Waals surface area contributed by atoms with Crippen LogP contribution in [-0.4, -0.2) is 90.9 Å². The van der Waals surface area contributed by atoms with Gasteiger partial charge in [-0.05, 0) is 42.0 Å². The van der Waals surface area contributed by atoms with Gasteiger partial charge < -0.3 is 40.2 Å². The van der Waals surface area contributed by atoms with Crippen LogP contribution in [0.15, 0.2) is 24.3 Å². The summed E-state index contributed by atoms with van der Waals surface area (Å²) in [5.41, 5.74) is 7.69. The van der Waals surface area contributed by atoms with Gasteiger partial charge in [-0.25, -0.2) is 4.79 Å². The number of primary amides is 1. The van der Waals surface area contributed by atoms with E-state index >= 15 is 0 Å². The van der Waals surface area contributed by atoms with E-state index in [1.165, 1.54) is 4.90 Å². The monoisotopic (exact) mass is 669 g/mol. The minimum atomic E-state index is -1.15. The van der Waals surface area contributed by atoms with Crippen molar-refractivity contribution in [2.75, 3.05) is 26.6 Å². The Kier molecular flexibility index (Phi) is 9.27. The van der Waals surface area contributed by atoms with Crippen molar-refractivity contribution >= 4 is 35.3 Å². The van der Waals surface area contributed by atoms with E-state index in [2.05, 4.69) is 16.1 Å². The third-order valence-corrected chi connectivity index (χ3v) is 9.60.